The highest BCUT2D eigenvalue weighted by atomic mass is 32.1. The Bertz CT molecular complexity index is 1050. The molecule has 3 aromatic rings. The van der Waals surface area contributed by atoms with Crippen molar-refractivity contribution in [2.45, 2.75) is 0 Å². The van der Waals surface area contributed by atoms with E-state index in [1.807, 2.05) is 47.8 Å². The number of benzene rings is 2. The van der Waals surface area contributed by atoms with Crippen LogP contribution in [0.5, 0.6) is 17.2 Å². The van der Waals surface area contributed by atoms with E-state index < -0.39 is 0 Å². The van der Waals surface area contributed by atoms with Gasteiger partial charge in [0.1, 0.15) is 22.4 Å². The zero-order valence-corrected chi connectivity index (χ0v) is 15.2. The first-order valence-electron chi connectivity index (χ1n) is 8.13. The molecule has 7 heteroatoms. The van der Waals surface area contributed by atoms with Crippen LogP contribution < -0.4 is 19.5 Å². The molecule has 2 aromatic carbocycles. The molecule has 1 aliphatic rings. The second-order valence-corrected chi connectivity index (χ2v) is 6.51. The van der Waals surface area contributed by atoms with Gasteiger partial charge in [0, 0.05) is 28.9 Å². The van der Waals surface area contributed by atoms with Crippen LogP contribution in [0.1, 0.15) is 5.01 Å². The summed E-state index contributed by atoms with van der Waals surface area (Å²) in [6.45, 7) is 0.234. The molecule has 134 valence electrons. The number of aromatic nitrogens is 1. The van der Waals surface area contributed by atoms with E-state index in [9.17, 15) is 5.26 Å². The molecule has 1 aromatic heterocycles. The summed E-state index contributed by atoms with van der Waals surface area (Å²) in [6.07, 6.45) is 1.65. The molecule has 1 N–H and O–H groups in total. The Hall–Kier alpha value is -3.50. The summed E-state index contributed by atoms with van der Waals surface area (Å²) in [6, 6.07) is 15.4. The average molecular weight is 377 g/mol. The molecule has 2 heterocycles. The largest absolute Gasteiger partial charge is 0.497 e. The number of fused-ring (bicyclic) bond motifs is 1. The van der Waals surface area contributed by atoms with Gasteiger partial charge in [-0.15, -0.1) is 11.3 Å². The van der Waals surface area contributed by atoms with Crippen LogP contribution in [0, 0.1) is 11.3 Å². The highest BCUT2D eigenvalue weighted by Crippen LogP contribution is 2.36. The Balaban J connectivity index is 1.56. The minimum absolute atomic E-state index is 0.234. The predicted octanol–water partition coefficient (Wildman–Crippen LogP) is 4.52. The highest BCUT2D eigenvalue weighted by Gasteiger charge is 2.15. The summed E-state index contributed by atoms with van der Waals surface area (Å²) < 4.78 is 15.9. The van der Waals surface area contributed by atoms with Crippen LogP contribution in [-0.2, 0) is 0 Å². The Morgan fingerprint density at radius 3 is 3.00 bits per heavy atom. The van der Waals surface area contributed by atoms with Crippen LogP contribution in [0.3, 0.4) is 0 Å². The van der Waals surface area contributed by atoms with E-state index in [-0.39, 0.29) is 6.79 Å². The molecule has 1 aliphatic heterocycles. The van der Waals surface area contributed by atoms with Crippen LogP contribution in [-0.4, -0.2) is 18.9 Å². The molecular weight excluding hydrogens is 362 g/mol. The second-order valence-electron chi connectivity index (χ2n) is 5.65. The van der Waals surface area contributed by atoms with E-state index in [0.717, 1.165) is 28.4 Å². The van der Waals surface area contributed by atoms with Crippen molar-refractivity contribution in [3.05, 3.63) is 59.1 Å². The number of anilines is 1. The topological polar surface area (TPSA) is 76.4 Å². The number of thiazole rings is 1. The Labute approximate surface area is 160 Å². The smallest absolute Gasteiger partial charge is 0.231 e. The van der Waals surface area contributed by atoms with Gasteiger partial charge >= 0.3 is 0 Å². The molecule has 0 atom stereocenters. The summed E-state index contributed by atoms with van der Waals surface area (Å²) >= 11 is 1.41. The van der Waals surface area contributed by atoms with Crippen molar-refractivity contribution in [2.75, 3.05) is 19.2 Å². The highest BCUT2D eigenvalue weighted by molar-refractivity contribution is 7.11. The molecule has 0 saturated carbocycles. The summed E-state index contributed by atoms with van der Waals surface area (Å²) in [7, 11) is 1.61. The van der Waals surface area contributed by atoms with E-state index >= 15 is 0 Å². The van der Waals surface area contributed by atoms with Crippen LogP contribution >= 0.6 is 11.3 Å². The number of methoxy groups -OCH3 is 1. The average Bonchev–Trinajstić information content (AvgIpc) is 3.37. The minimum Gasteiger partial charge on any atom is -0.497 e. The number of ether oxygens (including phenoxy) is 3. The fourth-order valence-corrected chi connectivity index (χ4v) is 3.39. The standard InChI is InChI=1S/C20H15N3O3S/c1-24-16-4-2-3-15(8-16)22-10-14(9-21)20-23-17(11-27-20)13-5-6-18-19(7-13)26-12-25-18/h2-8,10-11,22H,12H2,1H3/b14-10+. The molecule has 0 spiro atoms. The zero-order valence-electron chi connectivity index (χ0n) is 14.4. The van der Waals surface area contributed by atoms with Crippen LogP contribution in [0.2, 0.25) is 0 Å². The first-order valence-corrected chi connectivity index (χ1v) is 9.01. The zero-order chi connectivity index (χ0) is 18.6. The molecule has 0 aliphatic carbocycles. The number of hydrogen-bond acceptors (Lipinski definition) is 7. The fourth-order valence-electron chi connectivity index (χ4n) is 2.60. The third-order valence-electron chi connectivity index (χ3n) is 3.98. The van der Waals surface area contributed by atoms with Crippen LogP contribution in [0.15, 0.2) is 54.0 Å². The third kappa shape index (κ3) is 3.57. The van der Waals surface area contributed by atoms with E-state index in [0.29, 0.717) is 16.3 Å². The molecule has 0 amide bonds. The fraction of sp³-hybridized carbons (Fsp3) is 0.100. The molecular formula is C20H15N3O3S. The quantitative estimate of drug-likeness (QED) is 0.659. The van der Waals surface area contributed by atoms with E-state index in [1.54, 1.807) is 13.3 Å². The minimum atomic E-state index is 0.234. The predicted molar refractivity (Wildman–Crippen MR) is 104 cm³/mol. The molecule has 0 radical (unpaired) electrons. The van der Waals surface area contributed by atoms with E-state index in [1.165, 1.54) is 11.3 Å². The Morgan fingerprint density at radius 2 is 2.15 bits per heavy atom. The van der Waals surface area contributed by atoms with Gasteiger partial charge in [-0.05, 0) is 30.3 Å². The van der Waals surface area contributed by atoms with E-state index in [2.05, 4.69) is 16.4 Å². The maximum Gasteiger partial charge on any atom is 0.231 e. The van der Waals surface area contributed by atoms with Gasteiger partial charge in [0.15, 0.2) is 11.5 Å². The second kappa shape index (κ2) is 7.40. The van der Waals surface area contributed by atoms with Crippen molar-refractivity contribution in [1.29, 1.82) is 5.26 Å². The number of hydrogen-bond donors (Lipinski definition) is 1. The number of nitriles is 1. The summed E-state index contributed by atoms with van der Waals surface area (Å²) in [5.74, 6) is 2.18. The Kier molecular flexibility index (Phi) is 4.64. The van der Waals surface area contributed by atoms with Gasteiger partial charge in [0.2, 0.25) is 6.79 Å². The third-order valence-corrected chi connectivity index (χ3v) is 4.85. The molecule has 4 rings (SSSR count). The van der Waals surface area contributed by atoms with Crippen molar-refractivity contribution < 1.29 is 14.2 Å². The number of nitrogens with zero attached hydrogens (tertiary/aromatic N) is 2. The molecule has 6 nitrogen and oxygen atoms in total. The van der Waals surface area contributed by atoms with Crippen LogP contribution in [0.4, 0.5) is 5.69 Å². The van der Waals surface area contributed by atoms with E-state index in [4.69, 9.17) is 14.2 Å². The first kappa shape index (κ1) is 16.9. The van der Waals surface area contributed by atoms with Gasteiger partial charge in [0.25, 0.3) is 0 Å². The SMILES string of the molecule is COc1cccc(N/C=C(\C#N)c2nc(-c3ccc4c(c3)OCO4)cs2)c1. The van der Waals surface area contributed by atoms with Gasteiger partial charge < -0.3 is 19.5 Å². The maximum atomic E-state index is 9.51. The van der Waals surface area contributed by atoms with Gasteiger partial charge in [-0.2, -0.15) is 5.26 Å². The molecule has 0 fully saturated rings. The lowest BCUT2D eigenvalue weighted by Crippen LogP contribution is -1.92. The van der Waals surface area contributed by atoms with Gasteiger partial charge in [-0.25, -0.2) is 4.98 Å². The van der Waals surface area contributed by atoms with Crippen molar-refractivity contribution in [2.24, 2.45) is 0 Å². The summed E-state index contributed by atoms with van der Waals surface area (Å²) in [4.78, 5) is 4.59. The van der Waals surface area contributed by atoms with Gasteiger partial charge in [0.05, 0.1) is 12.8 Å². The Morgan fingerprint density at radius 1 is 1.26 bits per heavy atom. The number of nitrogens with one attached hydrogen (secondary N) is 1. The lowest BCUT2D eigenvalue weighted by atomic mass is 10.1. The van der Waals surface area contributed by atoms with Crippen molar-refractivity contribution in [1.82, 2.24) is 4.98 Å². The monoisotopic (exact) mass is 377 g/mol. The summed E-state index contributed by atoms with van der Waals surface area (Å²) in [5.41, 5.74) is 2.99. The molecule has 0 saturated heterocycles. The van der Waals surface area contributed by atoms with Gasteiger partial charge in [-0.3, -0.25) is 0 Å². The summed E-state index contributed by atoms with van der Waals surface area (Å²) in [5, 5.41) is 15.2. The number of allylic oxidation sites excluding steroid dienone is 1. The first-order chi connectivity index (χ1) is 13.3. The molecule has 0 bridgehead atoms. The van der Waals surface area contributed by atoms with Crippen molar-refractivity contribution in [3.8, 4) is 34.6 Å². The lowest BCUT2D eigenvalue weighted by Gasteiger charge is -2.04. The number of rotatable bonds is 5. The normalized spacial score (nSPS) is 12.5. The lowest BCUT2D eigenvalue weighted by molar-refractivity contribution is 0.174. The van der Waals surface area contributed by atoms with Crippen molar-refractivity contribution >= 4 is 22.6 Å². The van der Waals surface area contributed by atoms with Gasteiger partial charge in [-0.1, -0.05) is 6.07 Å². The molecule has 27 heavy (non-hydrogen) atoms. The van der Waals surface area contributed by atoms with Crippen LogP contribution in [0.25, 0.3) is 16.8 Å². The molecule has 0 unspecified atom stereocenters. The maximum absolute atomic E-state index is 9.51. The van der Waals surface area contributed by atoms with Crippen molar-refractivity contribution in [3.63, 3.8) is 0 Å².